The predicted octanol–water partition coefficient (Wildman–Crippen LogP) is 3.52. The van der Waals surface area contributed by atoms with Gasteiger partial charge in [0.15, 0.2) is 0 Å². The lowest BCUT2D eigenvalue weighted by molar-refractivity contribution is 0.0948. The number of alkyl halides is 1. The van der Waals surface area contributed by atoms with Gasteiger partial charge < -0.3 is 5.32 Å². The number of rotatable bonds is 4. The van der Waals surface area contributed by atoms with Crippen molar-refractivity contribution < 1.29 is 4.79 Å². The zero-order valence-electron chi connectivity index (χ0n) is 9.39. The van der Waals surface area contributed by atoms with Crippen LogP contribution in [0.15, 0.2) is 22.7 Å². The van der Waals surface area contributed by atoms with Gasteiger partial charge in [0.25, 0.3) is 5.91 Å². The molecule has 1 N–H and O–H groups in total. The Morgan fingerprint density at radius 2 is 2.19 bits per heavy atom. The highest BCUT2D eigenvalue weighted by molar-refractivity contribution is 9.10. The number of carbonyl (C=O) groups excluding carboxylic acids is 1. The van der Waals surface area contributed by atoms with Crippen LogP contribution < -0.4 is 5.32 Å². The van der Waals surface area contributed by atoms with Crippen LogP contribution in [0.4, 0.5) is 0 Å². The van der Waals surface area contributed by atoms with Crippen molar-refractivity contribution in [1.82, 2.24) is 5.32 Å². The van der Waals surface area contributed by atoms with Gasteiger partial charge in [-0.05, 0) is 36.6 Å². The van der Waals surface area contributed by atoms with Gasteiger partial charge in [0, 0.05) is 21.9 Å². The third-order valence-corrected chi connectivity index (χ3v) is 3.91. The summed E-state index contributed by atoms with van der Waals surface area (Å²) in [5.41, 5.74) is 1.73. The maximum absolute atomic E-state index is 11.9. The number of amides is 1. The quantitative estimate of drug-likeness (QED) is 0.829. The van der Waals surface area contributed by atoms with E-state index in [0.717, 1.165) is 20.9 Å². The van der Waals surface area contributed by atoms with E-state index in [1.165, 1.54) is 0 Å². The second-order valence-corrected chi connectivity index (χ2v) is 5.49. The average Bonchev–Trinajstić information content (AvgIpc) is 2.25. The summed E-state index contributed by atoms with van der Waals surface area (Å²) in [6.07, 6.45) is 0. The highest BCUT2D eigenvalue weighted by Gasteiger charge is 2.09. The molecule has 16 heavy (non-hydrogen) atoms. The first-order chi connectivity index (χ1) is 7.54. The van der Waals surface area contributed by atoms with E-state index >= 15 is 0 Å². The molecule has 1 atom stereocenters. The maximum Gasteiger partial charge on any atom is 0.251 e. The Morgan fingerprint density at radius 3 is 2.75 bits per heavy atom. The molecule has 0 aromatic heterocycles. The molecule has 1 rings (SSSR count). The number of nitrogens with one attached hydrogen (secondary N) is 1. The molecule has 0 saturated carbocycles. The Hall–Kier alpha value is -0.350. The molecular weight excluding hydrogens is 334 g/mol. The second-order valence-electron chi connectivity index (χ2n) is 3.93. The van der Waals surface area contributed by atoms with Gasteiger partial charge in [-0.3, -0.25) is 4.79 Å². The Balaban J connectivity index is 2.66. The molecule has 1 amide bonds. The van der Waals surface area contributed by atoms with E-state index in [4.69, 9.17) is 0 Å². The minimum absolute atomic E-state index is 0.00204. The van der Waals surface area contributed by atoms with E-state index in [1.54, 1.807) is 0 Å². The normalized spacial score (nSPS) is 12.2. The van der Waals surface area contributed by atoms with Crippen LogP contribution >= 0.6 is 31.9 Å². The van der Waals surface area contributed by atoms with Crippen molar-refractivity contribution in [2.75, 3.05) is 11.9 Å². The van der Waals surface area contributed by atoms with Crippen molar-refractivity contribution in [3.05, 3.63) is 33.8 Å². The molecule has 1 aromatic rings. The van der Waals surface area contributed by atoms with Gasteiger partial charge >= 0.3 is 0 Å². The lowest BCUT2D eigenvalue weighted by Crippen LogP contribution is -2.29. The second kappa shape index (κ2) is 6.40. The Bertz CT molecular complexity index is 379. The highest BCUT2D eigenvalue weighted by Crippen LogP contribution is 2.15. The number of hydrogen-bond donors (Lipinski definition) is 1. The molecule has 0 fully saturated rings. The molecule has 0 aliphatic heterocycles. The lowest BCUT2D eigenvalue weighted by atomic mass is 10.1. The minimum Gasteiger partial charge on any atom is -0.352 e. The summed E-state index contributed by atoms with van der Waals surface area (Å²) >= 11 is 6.77. The van der Waals surface area contributed by atoms with E-state index in [1.807, 2.05) is 25.1 Å². The minimum atomic E-state index is -0.00204. The molecule has 0 heterocycles. The van der Waals surface area contributed by atoms with Crippen molar-refractivity contribution in [3.8, 4) is 0 Å². The van der Waals surface area contributed by atoms with E-state index in [2.05, 4.69) is 44.1 Å². The fraction of sp³-hybridized carbons (Fsp3) is 0.417. The highest BCUT2D eigenvalue weighted by atomic mass is 79.9. The lowest BCUT2D eigenvalue weighted by Gasteiger charge is -2.11. The zero-order valence-corrected chi connectivity index (χ0v) is 12.6. The standard InChI is InChI=1S/C12H15Br2NO/c1-8(6-13)7-15-12(16)11-4-3-10(14)5-9(11)2/h3-5,8H,6-7H2,1-2H3,(H,15,16). The molecule has 1 aromatic carbocycles. The van der Waals surface area contributed by atoms with E-state index < -0.39 is 0 Å². The molecule has 2 nitrogen and oxygen atoms in total. The van der Waals surface area contributed by atoms with Crippen molar-refractivity contribution in [2.45, 2.75) is 13.8 Å². The first-order valence-electron chi connectivity index (χ1n) is 5.15. The average molecular weight is 349 g/mol. The number of carbonyl (C=O) groups is 1. The predicted molar refractivity (Wildman–Crippen MR) is 74.2 cm³/mol. The number of hydrogen-bond acceptors (Lipinski definition) is 1. The van der Waals surface area contributed by atoms with Crippen LogP contribution in [0.5, 0.6) is 0 Å². The third kappa shape index (κ3) is 3.91. The SMILES string of the molecule is Cc1cc(Br)ccc1C(=O)NCC(C)CBr. The molecule has 88 valence electrons. The van der Waals surface area contributed by atoms with Gasteiger partial charge in [-0.1, -0.05) is 38.8 Å². The van der Waals surface area contributed by atoms with Crippen molar-refractivity contribution >= 4 is 37.8 Å². The third-order valence-electron chi connectivity index (χ3n) is 2.31. The number of aryl methyl sites for hydroxylation is 1. The topological polar surface area (TPSA) is 29.1 Å². The van der Waals surface area contributed by atoms with Gasteiger partial charge in [-0.15, -0.1) is 0 Å². The molecule has 1 unspecified atom stereocenters. The largest absolute Gasteiger partial charge is 0.352 e. The van der Waals surface area contributed by atoms with E-state index in [9.17, 15) is 4.79 Å². The summed E-state index contributed by atoms with van der Waals surface area (Å²) < 4.78 is 0.996. The summed E-state index contributed by atoms with van der Waals surface area (Å²) in [4.78, 5) is 11.9. The molecule has 0 aliphatic carbocycles. The van der Waals surface area contributed by atoms with Crippen LogP contribution in [-0.4, -0.2) is 17.8 Å². The maximum atomic E-state index is 11.9. The molecule has 0 saturated heterocycles. The van der Waals surface area contributed by atoms with E-state index in [-0.39, 0.29) is 5.91 Å². The smallest absolute Gasteiger partial charge is 0.251 e. The molecule has 0 bridgehead atoms. The number of halogens is 2. The first kappa shape index (κ1) is 13.7. The molecule has 0 radical (unpaired) electrons. The summed E-state index contributed by atoms with van der Waals surface area (Å²) in [5, 5.41) is 3.82. The van der Waals surface area contributed by atoms with Crippen molar-refractivity contribution in [1.29, 1.82) is 0 Å². The van der Waals surface area contributed by atoms with Gasteiger partial charge in [0.1, 0.15) is 0 Å². The van der Waals surface area contributed by atoms with Crippen molar-refractivity contribution in [3.63, 3.8) is 0 Å². The summed E-state index contributed by atoms with van der Waals surface area (Å²) in [5.74, 6) is 0.442. The molecule has 0 spiro atoms. The van der Waals surface area contributed by atoms with Crippen LogP contribution in [-0.2, 0) is 0 Å². The van der Waals surface area contributed by atoms with Crippen LogP contribution in [0.2, 0.25) is 0 Å². The Kier molecular flexibility index (Phi) is 5.49. The fourth-order valence-electron chi connectivity index (χ4n) is 1.30. The van der Waals surface area contributed by atoms with Gasteiger partial charge in [0.05, 0.1) is 0 Å². The molecule has 0 aliphatic rings. The zero-order chi connectivity index (χ0) is 12.1. The Morgan fingerprint density at radius 1 is 1.50 bits per heavy atom. The van der Waals surface area contributed by atoms with Crippen LogP contribution in [0.3, 0.4) is 0 Å². The summed E-state index contributed by atoms with van der Waals surface area (Å²) in [7, 11) is 0. The Labute approximate surface area is 113 Å². The summed E-state index contributed by atoms with van der Waals surface area (Å²) in [6.45, 7) is 4.72. The summed E-state index contributed by atoms with van der Waals surface area (Å²) in [6, 6.07) is 5.67. The fourth-order valence-corrected chi connectivity index (χ4v) is 2.00. The van der Waals surface area contributed by atoms with Crippen LogP contribution in [0, 0.1) is 12.8 Å². The van der Waals surface area contributed by atoms with Gasteiger partial charge in [0.2, 0.25) is 0 Å². The van der Waals surface area contributed by atoms with Crippen LogP contribution in [0.1, 0.15) is 22.8 Å². The van der Waals surface area contributed by atoms with Crippen molar-refractivity contribution in [2.24, 2.45) is 5.92 Å². The van der Waals surface area contributed by atoms with Gasteiger partial charge in [-0.2, -0.15) is 0 Å². The molecule has 4 heteroatoms. The first-order valence-corrected chi connectivity index (χ1v) is 7.06. The molecular formula is C12H15Br2NO. The van der Waals surface area contributed by atoms with E-state index in [0.29, 0.717) is 12.5 Å². The number of benzene rings is 1. The van der Waals surface area contributed by atoms with Gasteiger partial charge in [-0.25, -0.2) is 0 Å². The van der Waals surface area contributed by atoms with Crippen LogP contribution in [0.25, 0.3) is 0 Å². The monoisotopic (exact) mass is 347 g/mol.